The number of oxime groups is 1. The van der Waals surface area contributed by atoms with Crippen LogP contribution < -0.4 is 10.6 Å². The number of carbonyl (C=O) groups is 3. The molecule has 59 heavy (non-hydrogen) atoms. The Kier molecular flexibility index (Phi) is 12.2. The number of rotatable bonds is 14. The molecule has 0 spiro atoms. The van der Waals surface area contributed by atoms with E-state index in [1.807, 2.05) is 115 Å². The number of alkyl halides is 1. The molecule has 1 aromatic heterocycles. The van der Waals surface area contributed by atoms with Gasteiger partial charge in [0.2, 0.25) is 0 Å². The van der Waals surface area contributed by atoms with Crippen molar-refractivity contribution in [3.63, 3.8) is 0 Å². The molecule has 1 unspecified atom stereocenters. The normalized spacial score (nSPS) is 16.6. The Hall–Kier alpha value is -5.77. The molecule has 8 rings (SSSR count). The van der Waals surface area contributed by atoms with Gasteiger partial charge in [-0.05, 0) is 33.4 Å². The number of nitrogens with one attached hydrogen (secondary N) is 2. The highest BCUT2D eigenvalue weighted by Crippen LogP contribution is 2.43. The molecule has 3 heterocycles. The highest BCUT2D eigenvalue weighted by Gasteiger charge is 2.55. The monoisotopic (exact) mass is 931 g/mol. The van der Waals surface area contributed by atoms with Crippen molar-refractivity contribution in [2.24, 2.45) is 5.16 Å². The second-order valence-electron chi connectivity index (χ2n) is 13.7. The zero-order valence-electron chi connectivity index (χ0n) is 31.7. The van der Waals surface area contributed by atoms with E-state index in [-0.39, 0.29) is 17.1 Å². The van der Waals surface area contributed by atoms with Gasteiger partial charge >= 0.3 is 5.97 Å². The van der Waals surface area contributed by atoms with E-state index >= 15 is 0 Å². The van der Waals surface area contributed by atoms with E-state index in [1.165, 1.54) is 35.1 Å². The number of amides is 2. The predicted octanol–water partition coefficient (Wildman–Crippen LogP) is 8.32. The summed E-state index contributed by atoms with van der Waals surface area (Å²) in [5.74, 6) is -1.17. The van der Waals surface area contributed by atoms with E-state index in [2.05, 4.69) is 74.8 Å². The Bertz CT molecular complexity index is 2350. The molecular weight excluding hydrogens is 894 g/mol. The molecule has 0 saturated carbocycles. The number of esters is 1. The van der Waals surface area contributed by atoms with Gasteiger partial charge in [-0.15, -0.1) is 23.1 Å². The summed E-state index contributed by atoms with van der Waals surface area (Å²) in [6.45, 7) is 0. The first-order valence-corrected chi connectivity index (χ1v) is 22.2. The Morgan fingerprint density at radius 3 is 1.83 bits per heavy atom. The van der Waals surface area contributed by atoms with Gasteiger partial charge in [0.25, 0.3) is 11.8 Å². The number of nitrogens with zero attached hydrogens (tertiary/aromatic N) is 3. The molecule has 2 aliphatic heterocycles. The van der Waals surface area contributed by atoms with E-state index in [0.717, 1.165) is 33.4 Å². The summed E-state index contributed by atoms with van der Waals surface area (Å²) in [5, 5.41) is 12.4. The fraction of sp³-hybridized carbons (Fsp3) is 0.152. The molecule has 1 saturated heterocycles. The minimum absolute atomic E-state index is 0.0923. The van der Waals surface area contributed by atoms with Crippen LogP contribution in [0.4, 0.5) is 5.13 Å². The van der Waals surface area contributed by atoms with Gasteiger partial charge in [-0.25, -0.2) is 9.78 Å². The summed E-state index contributed by atoms with van der Waals surface area (Å²) in [7, 11) is 1.35. The van der Waals surface area contributed by atoms with E-state index in [9.17, 15) is 14.4 Å². The molecule has 2 amide bonds. The van der Waals surface area contributed by atoms with E-state index in [4.69, 9.17) is 14.6 Å². The number of thioether (sulfide) groups is 1. The lowest BCUT2D eigenvalue weighted by atomic mass is 9.77. The molecule has 1 fully saturated rings. The van der Waals surface area contributed by atoms with Gasteiger partial charge < -0.3 is 20.2 Å². The lowest BCUT2D eigenvalue weighted by Gasteiger charge is -2.49. The Labute approximate surface area is 363 Å². The zero-order chi connectivity index (χ0) is 40.8. The van der Waals surface area contributed by atoms with Crippen LogP contribution in [0.25, 0.3) is 0 Å². The summed E-state index contributed by atoms with van der Waals surface area (Å²) in [4.78, 5) is 53.6. The van der Waals surface area contributed by atoms with E-state index in [1.54, 1.807) is 5.38 Å². The fourth-order valence-electron chi connectivity index (χ4n) is 7.41. The van der Waals surface area contributed by atoms with Gasteiger partial charge in [0.05, 0.1) is 0 Å². The minimum Gasteiger partial charge on any atom is -0.448 e. The summed E-state index contributed by atoms with van der Waals surface area (Å²) >= 11 is 5.01. The lowest BCUT2D eigenvalue weighted by Crippen LogP contribution is -2.71. The van der Waals surface area contributed by atoms with Crippen LogP contribution in [0.15, 0.2) is 173 Å². The number of hydrogen-bond acceptors (Lipinski definition) is 10. The average molecular weight is 932 g/mol. The van der Waals surface area contributed by atoms with Gasteiger partial charge in [-0.1, -0.05) is 179 Å². The number of ether oxygens (including phenoxy) is 1. The number of hydrogen-bond donors (Lipinski definition) is 2. The maximum absolute atomic E-state index is 14.1. The number of fused-ring (bicyclic) bond motifs is 1. The summed E-state index contributed by atoms with van der Waals surface area (Å²) in [6.07, 6.45) is -0.684. The van der Waals surface area contributed by atoms with E-state index in [0.29, 0.717) is 15.3 Å². The van der Waals surface area contributed by atoms with Gasteiger partial charge in [-0.2, -0.15) is 0 Å². The predicted molar refractivity (Wildman–Crippen MR) is 240 cm³/mol. The van der Waals surface area contributed by atoms with Crippen LogP contribution in [0.1, 0.15) is 39.6 Å². The Morgan fingerprint density at radius 1 is 0.831 bits per heavy atom. The highest BCUT2D eigenvalue weighted by molar-refractivity contribution is 14.1. The third-order valence-electron chi connectivity index (χ3n) is 10.2. The van der Waals surface area contributed by atoms with Crippen molar-refractivity contribution >= 4 is 74.3 Å². The molecular formula is C46H38IN5O5S2. The van der Waals surface area contributed by atoms with Crippen molar-refractivity contribution in [2.45, 2.75) is 23.1 Å². The summed E-state index contributed by atoms with van der Waals surface area (Å²) in [5.41, 5.74) is 4.94. The Balaban J connectivity index is 1.03. The highest BCUT2D eigenvalue weighted by atomic mass is 127. The van der Waals surface area contributed by atoms with E-state index < -0.39 is 40.8 Å². The van der Waals surface area contributed by atoms with Crippen molar-refractivity contribution in [3.8, 4) is 0 Å². The maximum Gasteiger partial charge on any atom is 0.356 e. The number of halogens is 1. The van der Waals surface area contributed by atoms with Crippen LogP contribution in [-0.4, -0.2) is 62.1 Å². The second-order valence-corrected chi connectivity index (χ2v) is 16.4. The molecule has 296 valence electrons. The van der Waals surface area contributed by atoms with Crippen LogP contribution in [0.5, 0.6) is 0 Å². The average Bonchev–Trinajstić information content (AvgIpc) is 3.76. The first kappa shape index (κ1) is 40.0. The molecule has 10 nitrogen and oxygen atoms in total. The summed E-state index contributed by atoms with van der Waals surface area (Å²) < 4.78 is 6.74. The number of carbonyl (C=O) groups excluding carboxylic acids is 3. The molecule has 6 aromatic rings. The smallest absolute Gasteiger partial charge is 0.356 e. The topological polar surface area (TPSA) is 122 Å². The third kappa shape index (κ3) is 8.01. The lowest BCUT2D eigenvalue weighted by molar-refractivity contribution is -0.154. The van der Waals surface area contributed by atoms with Gasteiger partial charge in [0.1, 0.15) is 35.5 Å². The second kappa shape index (κ2) is 18.0. The minimum atomic E-state index is -0.926. The number of aromatic nitrogens is 1. The fourth-order valence-corrected chi connectivity index (χ4v) is 10.5. The molecule has 2 N–H and O–H groups in total. The number of anilines is 1. The van der Waals surface area contributed by atoms with Crippen LogP contribution in [0.3, 0.4) is 0 Å². The van der Waals surface area contributed by atoms with Crippen LogP contribution in [-0.2, 0) is 29.5 Å². The quantitative estimate of drug-likeness (QED) is 0.0213. The SMILES string of the molecule is CON=C(C(=O)NC1C(=O)N2C(C(=O)OC(c3ccccc3)c3ccccc3)=C(CI)CS[C@H]12)c1csc(NC(c2ccccc2)(c2ccccc2)c2ccccc2)n1. The Morgan fingerprint density at radius 2 is 1.34 bits per heavy atom. The van der Waals surface area contributed by atoms with Crippen molar-refractivity contribution in [2.75, 3.05) is 22.6 Å². The molecule has 0 bridgehead atoms. The van der Waals surface area contributed by atoms with Crippen LogP contribution in [0.2, 0.25) is 0 Å². The molecule has 2 aliphatic rings. The molecule has 2 atom stereocenters. The number of benzene rings is 5. The van der Waals surface area contributed by atoms with Crippen molar-refractivity contribution in [3.05, 3.63) is 202 Å². The van der Waals surface area contributed by atoms with Crippen molar-refractivity contribution in [1.29, 1.82) is 0 Å². The largest absolute Gasteiger partial charge is 0.448 e. The molecule has 5 aromatic carbocycles. The van der Waals surface area contributed by atoms with Crippen molar-refractivity contribution < 1.29 is 24.0 Å². The van der Waals surface area contributed by atoms with Crippen LogP contribution >= 0.6 is 45.7 Å². The van der Waals surface area contributed by atoms with Gasteiger partial charge in [0.15, 0.2) is 16.9 Å². The number of thiazole rings is 1. The third-order valence-corrected chi connectivity index (χ3v) is 13.2. The molecule has 0 aliphatic carbocycles. The standard InChI is InChI=1S/C46H38IN5O5S2/c1-56-51-37(36-29-59-45(48-36)50-46(33-21-11-4-12-22-33,34-23-13-5-14-24-34)35-25-15-6-16-26-35)41(53)49-38-42(54)52-39(32(27-47)28-58-43(38)52)44(55)57-40(30-17-7-2-8-18-30)31-19-9-3-10-20-31/h2-26,29,38,40,43H,27-28H2,1H3,(H,48,50)(H,49,53)/t38?,43-/m1/s1. The molecule has 13 heteroatoms. The maximum atomic E-state index is 14.1. The first-order valence-electron chi connectivity index (χ1n) is 18.8. The van der Waals surface area contributed by atoms with Gasteiger partial charge in [-0.3, -0.25) is 14.5 Å². The number of β-lactam (4-membered cyclic amide) rings is 1. The first-order chi connectivity index (χ1) is 28.9. The zero-order valence-corrected chi connectivity index (χ0v) is 35.5. The van der Waals surface area contributed by atoms with Gasteiger partial charge in [0, 0.05) is 15.6 Å². The van der Waals surface area contributed by atoms with Crippen molar-refractivity contribution in [1.82, 2.24) is 15.2 Å². The van der Waals surface area contributed by atoms with Crippen LogP contribution in [0, 0.1) is 0 Å². The molecule has 0 radical (unpaired) electrons. The summed E-state index contributed by atoms with van der Waals surface area (Å²) in [6, 6.07) is 48.5.